The smallest absolute Gasteiger partial charge is 0.187 e. The van der Waals surface area contributed by atoms with Gasteiger partial charge in [-0.25, -0.2) is 0 Å². The lowest BCUT2D eigenvalue weighted by Gasteiger charge is -2.65. The van der Waals surface area contributed by atoms with Crippen LogP contribution in [0.3, 0.4) is 0 Å². The van der Waals surface area contributed by atoms with Crippen LogP contribution in [-0.4, -0.2) is 187 Å². The van der Waals surface area contributed by atoms with Crippen molar-refractivity contribution in [1.82, 2.24) is 0 Å². The quantitative estimate of drug-likeness (QED) is 0.102. The molecule has 18 heteroatoms. The van der Waals surface area contributed by atoms with Crippen LogP contribution in [0, 0.1) is 45.3 Å². The first-order valence-corrected chi connectivity index (χ1v) is 24.1. The van der Waals surface area contributed by atoms with Gasteiger partial charge in [0.1, 0.15) is 79.0 Å². The highest BCUT2D eigenvalue weighted by molar-refractivity contribution is 5.88. The summed E-state index contributed by atoms with van der Waals surface area (Å²) in [5, 5.41) is 113. The Balaban J connectivity index is 0.985. The van der Waals surface area contributed by atoms with E-state index in [1.54, 1.807) is 0 Å². The van der Waals surface area contributed by atoms with E-state index in [4.69, 9.17) is 28.4 Å². The van der Waals surface area contributed by atoms with Crippen molar-refractivity contribution in [3.8, 4) is 0 Å². The van der Waals surface area contributed by atoms with Crippen molar-refractivity contribution in [1.29, 1.82) is 0 Å². The van der Waals surface area contributed by atoms with Crippen LogP contribution in [0.4, 0.5) is 0 Å². The van der Waals surface area contributed by atoms with Gasteiger partial charge in [0, 0.05) is 17.3 Å². The Morgan fingerprint density at radius 3 is 1.85 bits per heavy atom. The van der Waals surface area contributed by atoms with Crippen LogP contribution in [0.1, 0.15) is 99.8 Å². The molecule has 23 atom stereocenters. The number of carbonyl (C=O) groups excluding carboxylic acids is 1. The van der Waals surface area contributed by atoms with Gasteiger partial charge in [0.05, 0.1) is 32.5 Å². The molecule has 378 valence electrons. The number of rotatable bonds is 14. The number of hydrogen-bond acceptors (Lipinski definition) is 18. The molecule has 0 aromatic heterocycles. The average Bonchev–Trinajstić information content (AvgIpc) is 3.55. The van der Waals surface area contributed by atoms with Crippen molar-refractivity contribution >= 4 is 5.78 Å². The molecule has 0 aromatic rings. The highest BCUT2D eigenvalue weighted by Gasteiger charge is 2.70. The Morgan fingerprint density at radius 1 is 0.727 bits per heavy atom. The molecule has 3 saturated heterocycles. The third kappa shape index (κ3) is 8.83. The molecule has 0 bridgehead atoms. The third-order valence-electron chi connectivity index (χ3n) is 18.0. The van der Waals surface area contributed by atoms with Gasteiger partial charge in [-0.1, -0.05) is 64.8 Å². The minimum absolute atomic E-state index is 0.0121. The summed E-state index contributed by atoms with van der Waals surface area (Å²) in [6.45, 7) is 13.5. The molecule has 0 radical (unpaired) electrons. The second kappa shape index (κ2) is 19.9. The molecule has 18 nitrogen and oxygen atoms in total. The number of Topliss-reactive ketones (excluding diaryl/α,β-unsaturated/α-hetero) is 1. The highest BCUT2D eigenvalue weighted by atomic mass is 16.8. The van der Waals surface area contributed by atoms with Gasteiger partial charge in [0.2, 0.25) is 0 Å². The van der Waals surface area contributed by atoms with Crippen molar-refractivity contribution in [3.05, 3.63) is 23.3 Å². The van der Waals surface area contributed by atoms with E-state index in [-0.39, 0.29) is 29.3 Å². The standard InChI is InChI=1S/C48H78O18/c1-22(21-61-44-41(38(58)35(55)29(20-51)64-44)66-43-40(60)37(57)34(54)28(19-50)63-43)9-8-10-23(2)24-15-16-46(5)30-13-11-25-26(48(30,7)31(52)17-47(24,46)6)12-14-32(45(25,3)4)65-42-39(59)36(56)33(53)27(18-49)62-42/h9,11,23-24,26-30,32-44,49-51,53-60H,8,10,12-21H2,1-7H3/b22-9+/t23-,24+,26+,27+,28+,29+,30+,32-,33+,34+,35+,36-,37-,38-,39+,40+,41+,42-,43-,44+,46-,47+,48-/m0/s1. The zero-order valence-corrected chi connectivity index (χ0v) is 39.5. The van der Waals surface area contributed by atoms with Gasteiger partial charge in [0.25, 0.3) is 0 Å². The first-order valence-electron chi connectivity index (χ1n) is 24.1. The summed E-state index contributed by atoms with van der Waals surface area (Å²) in [5.41, 5.74) is 0.593. The molecule has 7 aliphatic rings. The van der Waals surface area contributed by atoms with Gasteiger partial charge < -0.3 is 84.6 Å². The number of aliphatic hydroxyl groups excluding tert-OH is 11. The normalized spacial score (nSPS) is 50.0. The fraction of sp³-hybridized carbons (Fsp3) is 0.896. The van der Waals surface area contributed by atoms with Crippen LogP contribution >= 0.6 is 0 Å². The van der Waals surface area contributed by atoms with Crippen LogP contribution in [0.25, 0.3) is 0 Å². The van der Waals surface area contributed by atoms with Crippen LogP contribution in [0.15, 0.2) is 23.3 Å². The molecule has 0 spiro atoms. The number of carbonyl (C=O) groups is 1. The molecule has 3 aliphatic heterocycles. The Bertz CT molecular complexity index is 1760. The predicted octanol–water partition coefficient (Wildman–Crippen LogP) is -0.0410. The molecule has 6 fully saturated rings. The molecule has 0 unspecified atom stereocenters. The van der Waals surface area contributed by atoms with Crippen molar-refractivity contribution in [2.75, 3.05) is 26.4 Å². The molecule has 3 saturated carbocycles. The lowest BCUT2D eigenvalue weighted by atomic mass is 9.38. The van der Waals surface area contributed by atoms with E-state index >= 15 is 0 Å². The lowest BCUT2D eigenvalue weighted by molar-refractivity contribution is -0.366. The largest absolute Gasteiger partial charge is 0.394 e. The van der Waals surface area contributed by atoms with Gasteiger partial charge in [-0.15, -0.1) is 0 Å². The zero-order valence-electron chi connectivity index (χ0n) is 39.5. The number of allylic oxidation sites excluding steroid dienone is 2. The second-order valence-corrected chi connectivity index (χ2v) is 21.9. The first kappa shape index (κ1) is 52.3. The summed E-state index contributed by atoms with van der Waals surface area (Å²) in [6.07, 6.45) is -12.0. The summed E-state index contributed by atoms with van der Waals surface area (Å²) in [4.78, 5) is 14.9. The second-order valence-electron chi connectivity index (χ2n) is 21.9. The van der Waals surface area contributed by atoms with E-state index < -0.39 is 129 Å². The summed E-state index contributed by atoms with van der Waals surface area (Å²) in [5.74, 6) is 1.06. The maximum Gasteiger partial charge on any atom is 0.187 e. The summed E-state index contributed by atoms with van der Waals surface area (Å²) in [6, 6.07) is 0. The SMILES string of the molecule is C/C(=C\CC[C@H](C)[C@H]1CC[C@@]2(C)[C@H]3CC=C4[C@@H](CC[C@H](O[C@@H]5O[C@H](CO)[C@@H](O)[C@H](O)[C@H]5O)C4(C)C)[C@]3(C)C(=O)C[C@]12C)CO[C@@H]1O[C@H](CO)[C@@H](O)[C@H](O)[C@H]1O[C@@H]1O[C@H](CO)[C@@H](O)[C@H](O)[C@H]1O. The van der Waals surface area contributed by atoms with E-state index in [9.17, 15) is 61.0 Å². The van der Waals surface area contributed by atoms with Gasteiger partial charge >= 0.3 is 0 Å². The Labute approximate surface area is 387 Å². The Hall–Kier alpha value is -1.53. The van der Waals surface area contributed by atoms with Crippen molar-refractivity contribution in [2.45, 2.75) is 198 Å². The van der Waals surface area contributed by atoms with Gasteiger partial charge in [-0.05, 0) is 86.4 Å². The molecule has 3 heterocycles. The van der Waals surface area contributed by atoms with Gasteiger partial charge in [-0.2, -0.15) is 0 Å². The number of ether oxygens (including phenoxy) is 6. The number of hydrogen-bond donors (Lipinski definition) is 11. The first-order chi connectivity index (χ1) is 31.0. The molecule has 0 aromatic carbocycles. The number of ketones is 1. The monoisotopic (exact) mass is 943 g/mol. The fourth-order valence-electron chi connectivity index (χ4n) is 13.7. The van der Waals surface area contributed by atoms with E-state index in [1.165, 1.54) is 5.57 Å². The fourth-order valence-corrected chi connectivity index (χ4v) is 13.7. The van der Waals surface area contributed by atoms with E-state index in [0.29, 0.717) is 36.9 Å². The Morgan fingerprint density at radius 2 is 1.27 bits per heavy atom. The van der Waals surface area contributed by atoms with E-state index in [0.717, 1.165) is 37.7 Å². The molecule has 4 aliphatic carbocycles. The summed E-state index contributed by atoms with van der Waals surface area (Å²) in [7, 11) is 0. The van der Waals surface area contributed by atoms with Crippen LogP contribution < -0.4 is 0 Å². The van der Waals surface area contributed by atoms with Gasteiger partial charge in [0.15, 0.2) is 18.9 Å². The van der Waals surface area contributed by atoms with Crippen LogP contribution in [-0.2, 0) is 33.2 Å². The molecule has 0 amide bonds. The van der Waals surface area contributed by atoms with Crippen molar-refractivity contribution in [3.63, 3.8) is 0 Å². The maximum absolute atomic E-state index is 14.9. The summed E-state index contributed by atoms with van der Waals surface area (Å²) >= 11 is 0. The Kier molecular flexibility index (Phi) is 15.8. The summed E-state index contributed by atoms with van der Waals surface area (Å²) < 4.78 is 35.2. The van der Waals surface area contributed by atoms with Gasteiger partial charge in [-0.3, -0.25) is 4.79 Å². The minimum Gasteiger partial charge on any atom is -0.394 e. The van der Waals surface area contributed by atoms with E-state index in [2.05, 4.69) is 53.7 Å². The van der Waals surface area contributed by atoms with Crippen molar-refractivity contribution < 1.29 is 89.4 Å². The molecule has 66 heavy (non-hydrogen) atoms. The minimum atomic E-state index is -1.77. The lowest BCUT2D eigenvalue weighted by Crippen LogP contribution is -2.64. The van der Waals surface area contributed by atoms with E-state index in [1.807, 2.05) is 6.92 Å². The average molecular weight is 943 g/mol. The van der Waals surface area contributed by atoms with Crippen LogP contribution in [0.5, 0.6) is 0 Å². The number of fused-ring (bicyclic) bond motifs is 5. The third-order valence-corrected chi connectivity index (χ3v) is 18.0. The van der Waals surface area contributed by atoms with Crippen LogP contribution in [0.2, 0.25) is 0 Å². The molecule has 11 N–H and O–H groups in total. The zero-order chi connectivity index (χ0) is 48.4. The molecular weight excluding hydrogens is 865 g/mol. The molecule has 7 rings (SSSR count). The number of aliphatic hydroxyl groups is 11. The maximum atomic E-state index is 14.9. The van der Waals surface area contributed by atoms with Crippen molar-refractivity contribution in [2.24, 2.45) is 45.3 Å². The topological polar surface area (TPSA) is 295 Å². The predicted molar refractivity (Wildman–Crippen MR) is 233 cm³/mol. The molecular formula is C48H78O18. The highest BCUT2D eigenvalue weighted by Crippen LogP contribution is 2.74.